The zero-order chi connectivity index (χ0) is 10.0. The molecule has 0 aliphatic rings. The topological polar surface area (TPSA) is 9.23 Å². The van der Waals surface area contributed by atoms with Crippen molar-refractivity contribution in [2.24, 2.45) is 0 Å². The molecule has 1 nitrogen and oxygen atoms in total. The number of rotatable bonds is 2. The summed E-state index contributed by atoms with van der Waals surface area (Å²) in [4.78, 5) is 0. The molecule has 1 aromatic carbocycles. The molecule has 0 fully saturated rings. The molecule has 0 N–H and O–H groups in total. The second-order valence-electron chi connectivity index (χ2n) is 3.48. The largest absolute Gasteiger partial charge is 0.497 e. The van der Waals surface area contributed by atoms with E-state index in [9.17, 15) is 4.39 Å². The molecule has 0 spiro atoms. The number of methoxy groups -OCH3 is 1. The summed E-state index contributed by atoms with van der Waals surface area (Å²) in [5.74, 6) is 0.722. The van der Waals surface area contributed by atoms with E-state index in [0.717, 1.165) is 11.1 Å². The number of hydrogen-bond donors (Lipinski definition) is 0. The van der Waals surface area contributed by atoms with Gasteiger partial charge in [0.25, 0.3) is 0 Å². The van der Waals surface area contributed by atoms with E-state index in [-0.39, 0.29) is 5.82 Å². The van der Waals surface area contributed by atoms with Crippen molar-refractivity contribution in [1.29, 1.82) is 0 Å². The molecule has 0 aromatic heterocycles. The molecule has 2 heteroatoms. The zero-order valence-electron chi connectivity index (χ0n) is 8.52. The Balaban J connectivity index is 3.25. The Kier molecular flexibility index (Phi) is 2.91. The van der Waals surface area contributed by atoms with Crippen molar-refractivity contribution in [1.82, 2.24) is 0 Å². The van der Waals surface area contributed by atoms with Crippen molar-refractivity contribution in [3.05, 3.63) is 29.1 Å². The lowest BCUT2D eigenvalue weighted by atomic mass is 9.97. The summed E-state index contributed by atoms with van der Waals surface area (Å²) in [6.45, 7) is 5.88. The van der Waals surface area contributed by atoms with Crippen LogP contribution in [0.1, 0.15) is 30.9 Å². The van der Waals surface area contributed by atoms with Crippen molar-refractivity contribution in [3.63, 3.8) is 0 Å². The highest BCUT2D eigenvalue weighted by molar-refractivity contribution is 5.37. The lowest BCUT2D eigenvalue weighted by molar-refractivity contribution is 0.410. The van der Waals surface area contributed by atoms with E-state index in [4.69, 9.17) is 4.74 Å². The molecule has 1 rings (SSSR count). The van der Waals surface area contributed by atoms with E-state index in [2.05, 4.69) is 0 Å². The van der Waals surface area contributed by atoms with Gasteiger partial charge in [-0.2, -0.15) is 0 Å². The molecular weight excluding hydrogens is 167 g/mol. The minimum Gasteiger partial charge on any atom is -0.497 e. The van der Waals surface area contributed by atoms with Gasteiger partial charge in [0, 0.05) is 6.07 Å². The van der Waals surface area contributed by atoms with E-state index >= 15 is 0 Å². The molecule has 0 saturated carbocycles. The van der Waals surface area contributed by atoms with E-state index in [0.29, 0.717) is 11.7 Å². The van der Waals surface area contributed by atoms with Crippen LogP contribution in [-0.2, 0) is 0 Å². The molecule has 0 bridgehead atoms. The molecule has 0 atom stereocenters. The van der Waals surface area contributed by atoms with Gasteiger partial charge in [-0.1, -0.05) is 13.8 Å². The number of halogens is 1. The maximum absolute atomic E-state index is 13.3. The van der Waals surface area contributed by atoms with Gasteiger partial charge in [-0.3, -0.25) is 0 Å². The Morgan fingerprint density at radius 3 is 2.38 bits per heavy atom. The molecular formula is C11H15FO. The summed E-state index contributed by atoms with van der Waals surface area (Å²) in [5.41, 5.74) is 1.73. The standard InChI is InChI=1S/C11H15FO/c1-7(2)10-5-9(13-4)6-11(12)8(10)3/h5-7H,1-4H3. The maximum atomic E-state index is 13.3. The van der Waals surface area contributed by atoms with Crippen LogP contribution in [0, 0.1) is 12.7 Å². The first-order valence-electron chi connectivity index (χ1n) is 4.40. The number of ether oxygens (including phenoxy) is 1. The normalized spacial score (nSPS) is 10.6. The minimum absolute atomic E-state index is 0.192. The van der Waals surface area contributed by atoms with Crippen molar-refractivity contribution >= 4 is 0 Å². The first-order valence-corrected chi connectivity index (χ1v) is 4.40. The average Bonchev–Trinajstić information content (AvgIpc) is 2.09. The van der Waals surface area contributed by atoms with Gasteiger partial charge in [-0.15, -0.1) is 0 Å². The van der Waals surface area contributed by atoms with Gasteiger partial charge < -0.3 is 4.74 Å². The van der Waals surface area contributed by atoms with E-state index in [1.807, 2.05) is 19.9 Å². The van der Waals surface area contributed by atoms with Crippen molar-refractivity contribution in [2.45, 2.75) is 26.7 Å². The second kappa shape index (κ2) is 3.77. The Morgan fingerprint density at radius 1 is 1.31 bits per heavy atom. The van der Waals surface area contributed by atoms with Crippen molar-refractivity contribution in [2.75, 3.05) is 7.11 Å². The van der Waals surface area contributed by atoms with Crippen LogP contribution in [-0.4, -0.2) is 7.11 Å². The van der Waals surface area contributed by atoms with Crippen LogP contribution in [0.5, 0.6) is 5.75 Å². The van der Waals surface area contributed by atoms with Crippen LogP contribution in [0.2, 0.25) is 0 Å². The van der Waals surface area contributed by atoms with Crippen LogP contribution in [0.3, 0.4) is 0 Å². The number of benzene rings is 1. The average molecular weight is 182 g/mol. The molecule has 0 heterocycles. The predicted molar refractivity (Wildman–Crippen MR) is 51.8 cm³/mol. The lowest BCUT2D eigenvalue weighted by Crippen LogP contribution is -1.97. The fourth-order valence-corrected chi connectivity index (χ4v) is 1.39. The molecule has 0 aliphatic heterocycles. The summed E-state index contributed by atoms with van der Waals surface area (Å²) in [5, 5.41) is 0. The van der Waals surface area contributed by atoms with Crippen molar-refractivity contribution < 1.29 is 9.13 Å². The third-order valence-corrected chi connectivity index (χ3v) is 2.22. The summed E-state index contributed by atoms with van der Waals surface area (Å²) >= 11 is 0. The Morgan fingerprint density at radius 2 is 1.92 bits per heavy atom. The third-order valence-electron chi connectivity index (χ3n) is 2.22. The second-order valence-corrected chi connectivity index (χ2v) is 3.48. The SMILES string of the molecule is COc1cc(F)c(C)c(C(C)C)c1. The monoisotopic (exact) mass is 182 g/mol. The Bertz CT molecular complexity index is 305. The van der Waals surface area contributed by atoms with E-state index in [1.54, 1.807) is 14.0 Å². The molecule has 1 aromatic rings. The molecule has 13 heavy (non-hydrogen) atoms. The summed E-state index contributed by atoms with van der Waals surface area (Å²) in [6, 6.07) is 3.31. The van der Waals surface area contributed by atoms with E-state index in [1.165, 1.54) is 6.07 Å². The molecule has 0 aliphatic carbocycles. The fraction of sp³-hybridized carbons (Fsp3) is 0.455. The summed E-state index contributed by atoms with van der Waals surface area (Å²) in [7, 11) is 1.55. The molecule has 0 unspecified atom stereocenters. The Labute approximate surface area is 78.5 Å². The predicted octanol–water partition coefficient (Wildman–Crippen LogP) is 3.27. The van der Waals surface area contributed by atoms with E-state index < -0.39 is 0 Å². The van der Waals surface area contributed by atoms with Gasteiger partial charge >= 0.3 is 0 Å². The van der Waals surface area contributed by atoms with Gasteiger partial charge in [-0.05, 0) is 30.0 Å². The first kappa shape index (κ1) is 10.0. The Hall–Kier alpha value is -1.05. The third kappa shape index (κ3) is 2.00. The fourth-order valence-electron chi connectivity index (χ4n) is 1.39. The smallest absolute Gasteiger partial charge is 0.130 e. The highest BCUT2D eigenvalue weighted by Crippen LogP contribution is 2.26. The first-order chi connectivity index (χ1) is 6.06. The molecule has 0 amide bonds. The summed E-state index contributed by atoms with van der Waals surface area (Å²) < 4.78 is 18.3. The van der Waals surface area contributed by atoms with Gasteiger partial charge in [0.1, 0.15) is 11.6 Å². The summed E-state index contributed by atoms with van der Waals surface area (Å²) in [6.07, 6.45) is 0. The quantitative estimate of drug-likeness (QED) is 0.682. The van der Waals surface area contributed by atoms with Gasteiger partial charge in [-0.25, -0.2) is 4.39 Å². The molecule has 72 valence electrons. The van der Waals surface area contributed by atoms with Crippen LogP contribution in [0.4, 0.5) is 4.39 Å². The minimum atomic E-state index is -0.192. The van der Waals surface area contributed by atoms with Crippen LogP contribution in [0.25, 0.3) is 0 Å². The molecule has 0 saturated heterocycles. The number of hydrogen-bond acceptors (Lipinski definition) is 1. The highest BCUT2D eigenvalue weighted by atomic mass is 19.1. The van der Waals surface area contributed by atoms with Gasteiger partial charge in [0.05, 0.1) is 7.11 Å². The maximum Gasteiger partial charge on any atom is 0.130 e. The van der Waals surface area contributed by atoms with Crippen molar-refractivity contribution in [3.8, 4) is 5.75 Å². The van der Waals surface area contributed by atoms with Crippen LogP contribution >= 0.6 is 0 Å². The lowest BCUT2D eigenvalue weighted by Gasteiger charge is -2.12. The molecule has 0 radical (unpaired) electrons. The highest BCUT2D eigenvalue weighted by Gasteiger charge is 2.09. The van der Waals surface area contributed by atoms with Crippen LogP contribution < -0.4 is 4.74 Å². The zero-order valence-corrected chi connectivity index (χ0v) is 8.52. The van der Waals surface area contributed by atoms with Crippen LogP contribution in [0.15, 0.2) is 12.1 Å². The van der Waals surface area contributed by atoms with Gasteiger partial charge in [0.15, 0.2) is 0 Å². The van der Waals surface area contributed by atoms with Gasteiger partial charge in [0.2, 0.25) is 0 Å².